The fraction of sp³-hybridized carbons (Fsp3) is 0.375. The van der Waals surface area contributed by atoms with Gasteiger partial charge in [-0.2, -0.15) is 0 Å². The molecule has 0 saturated heterocycles. The van der Waals surface area contributed by atoms with Crippen LogP contribution in [0.3, 0.4) is 0 Å². The highest BCUT2D eigenvalue weighted by atomic mass is 32.2. The molecule has 0 fully saturated rings. The van der Waals surface area contributed by atoms with Gasteiger partial charge in [0.25, 0.3) is 0 Å². The summed E-state index contributed by atoms with van der Waals surface area (Å²) in [5.74, 6) is 0.795. The van der Waals surface area contributed by atoms with Gasteiger partial charge in [-0.3, -0.25) is 0 Å². The largest absolute Gasteiger partial charge is 0.494 e. The minimum atomic E-state index is -3.51. The quantitative estimate of drug-likeness (QED) is 0.758. The Bertz CT molecular complexity index is 728. The minimum absolute atomic E-state index is 0.248. The molecule has 0 heterocycles. The average molecular weight is 323 g/mol. The van der Waals surface area contributed by atoms with E-state index in [1.807, 2.05) is 18.2 Å². The highest BCUT2D eigenvalue weighted by molar-refractivity contribution is 7.89. The van der Waals surface area contributed by atoms with Crippen LogP contribution in [0.15, 0.2) is 41.3 Å². The van der Waals surface area contributed by atoms with E-state index in [0.717, 1.165) is 22.9 Å². The first-order chi connectivity index (χ1) is 10.6. The highest BCUT2D eigenvalue weighted by Crippen LogP contribution is 2.23. The molecule has 0 aliphatic heterocycles. The SMILES string of the molecule is CCCOc1ccc2cc(S(=O)(=O)NCCOC)ccc2c1. The Morgan fingerprint density at radius 1 is 1.05 bits per heavy atom. The normalized spacial score (nSPS) is 11.7. The van der Waals surface area contributed by atoms with Crippen LogP contribution in [-0.2, 0) is 14.8 Å². The molecule has 1 N–H and O–H groups in total. The maximum Gasteiger partial charge on any atom is 0.240 e. The van der Waals surface area contributed by atoms with Crippen LogP contribution < -0.4 is 9.46 Å². The van der Waals surface area contributed by atoms with Gasteiger partial charge >= 0.3 is 0 Å². The van der Waals surface area contributed by atoms with Gasteiger partial charge < -0.3 is 9.47 Å². The van der Waals surface area contributed by atoms with Crippen LogP contribution in [-0.4, -0.2) is 35.3 Å². The summed E-state index contributed by atoms with van der Waals surface area (Å²) in [6.07, 6.45) is 0.947. The number of nitrogens with one attached hydrogen (secondary N) is 1. The van der Waals surface area contributed by atoms with E-state index in [0.29, 0.717) is 13.2 Å². The van der Waals surface area contributed by atoms with E-state index >= 15 is 0 Å². The summed E-state index contributed by atoms with van der Waals surface area (Å²) in [6, 6.07) is 10.7. The number of rotatable bonds is 8. The van der Waals surface area contributed by atoms with Crippen molar-refractivity contribution in [1.82, 2.24) is 4.72 Å². The third kappa shape index (κ3) is 4.19. The topological polar surface area (TPSA) is 64.6 Å². The van der Waals surface area contributed by atoms with Gasteiger partial charge in [-0.25, -0.2) is 13.1 Å². The number of hydrogen-bond donors (Lipinski definition) is 1. The van der Waals surface area contributed by atoms with Crippen molar-refractivity contribution in [3.8, 4) is 5.75 Å². The number of methoxy groups -OCH3 is 1. The zero-order valence-electron chi connectivity index (χ0n) is 12.8. The molecular weight excluding hydrogens is 302 g/mol. The van der Waals surface area contributed by atoms with Crippen molar-refractivity contribution in [3.63, 3.8) is 0 Å². The molecule has 0 saturated carbocycles. The Hall–Kier alpha value is -1.63. The summed E-state index contributed by atoms with van der Waals surface area (Å²) < 4.78 is 37.3. The van der Waals surface area contributed by atoms with Gasteiger partial charge in [0.2, 0.25) is 10.0 Å². The summed E-state index contributed by atoms with van der Waals surface area (Å²) >= 11 is 0. The maximum atomic E-state index is 12.2. The zero-order chi connectivity index (χ0) is 16.0. The predicted molar refractivity (Wildman–Crippen MR) is 86.8 cm³/mol. The third-order valence-electron chi connectivity index (χ3n) is 3.16. The summed E-state index contributed by atoms with van der Waals surface area (Å²) in [7, 11) is -1.98. The van der Waals surface area contributed by atoms with Crippen molar-refractivity contribution >= 4 is 20.8 Å². The second-order valence-corrected chi connectivity index (χ2v) is 6.68. The molecule has 0 aromatic heterocycles. The van der Waals surface area contributed by atoms with E-state index in [2.05, 4.69) is 11.6 Å². The van der Waals surface area contributed by atoms with Gasteiger partial charge in [0, 0.05) is 13.7 Å². The molecule has 0 bridgehead atoms. The van der Waals surface area contributed by atoms with E-state index in [1.54, 1.807) is 18.2 Å². The summed E-state index contributed by atoms with van der Waals surface area (Å²) in [6.45, 7) is 3.31. The van der Waals surface area contributed by atoms with Crippen LogP contribution in [0.25, 0.3) is 10.8 Å². The lowest BCUT2D eigenvalue weighted by Gasteiger charge is -2.09. The zero-order valence-corrected chi connectivity index (χ0v) is 13.7. The first-order valence-electron chi connectivity index (χ1n) is 7.22. The average Bonchev–Trinajstić information content (AvgIpc) is 2.52. The van der Waals surface area contributed by atoms with Crippen LogP contribution in [0, 0.1) is 0 Å². The Kier molecular flexibility index (Phi) is 5.76. The Morgan fingerprint density at radius 3 is 2.50 bits per heavy atom. The van der Waals surface area contributed by atoms with Crippen molar-refractivity contribution in [2.75, 3.05) is 26.9 Å². The summed E-state index contributed by atoms with van der Waals surface area (Å²) in [5, 5.41) is 1.81. The van der Waals surface area contributed by atoms with E-state index in [-0.39, 0.29) is 11.4 Å². The summed E-state index contributed by atoms with van der Waals surface area (Å²) in [5.41, 5.74) is 0. The van der Waals surface area contributed by atoms with Gasteiger partial charge in [0.15, 0.2) is 0 Å². The monoisotopic (exact) mass is 323 g/mol. The third-order valence-corrected chi connectivity index (χ3v) is 4.62. The number of sulfonamides is 1. The fourth-order valence-electron chi connectivity index (χ4n) is 2.04. The van der Waals surface area contributed by atoms with Crippen molar-refractivity contribution in [3.05, 3.63) is 36.4 Å². The Labute approximate surface area is 131 Å². The lowest BCUT2D eigenvalue weighted by molar-refractivity contribution is 0.204. The lowest BCUT2D eigenvalue weighted by atomic mass is 10.1. The first kappa shape index (κ1) is 16.7. The van der Waals surface area contributed by atoms with Crippen molar-refractivity contribution in [1.29, 1.82) is 0 Å². The molecule has 0 atom stereocenters. The number of benzene rings is 2. The molecule has 0 amide bonds. The molecule has 0 aliphatic rings. The fourth-order valence-corrected chi connectivity index (χ4v) is 3.09. The second kappa shape index (κ2) is 7.58. The number of hydrogen-bond acceptors (Lipinski definition) is 4. The number of ether oxygens (including phenoxy) is 2. The molecule has 22 heavy (non-hydrogen) atoms. The molecule has 5 nitrogen and oxygen atoms in total. The Morgan fingerprint density at radius 2 is 1.77 bits per heavy atom. The molecule has 0 radical (unpaired) electrons. The van der Waals surface area contributed by atoms with Crippen LogP contribution in [0.2, 0.25) is 0 Å². The van der Waals surface area contributed by atoms with E-state index in [9.17, 15) is 8.42 Å². The minimum Gasteiger partial charge on any atom is -0.494 e. The van der Waals surface area contributed by atoms with Crippen molar-refractivity contribution < 1.29 is 17.9 Å². The molecule has 0 unspecified atom stereocenters. The molecule has 2 aromatic carbocycles. The molecule has 0 spiro atoms. The van der Waals surface area contributed by atoms with Crippen LogP contribution >= 0.6 is 0 Å². The molecule has 2 rings (SSSR count). The van der Waals surface area contributed by atoms with Crippen LogP contribution in [0.1, 0.15) is 13.3 Å². The number of fused-ring (bicyclic) bond motifs is 1. The molecule has 120 valence electrons. The van der Waals surface area contributed by atoms with Gasteiger partial charge in [-0.1, -0.05) is 19.1 Å². The van der Waals surface area contributed by atoms with E-state index in [1.165, 1.54) is 7.11 Å². The standard InChI is InChI=1S/C16H21NO4S/c1-3-9-21-15-6-4-14-12-16(7-5-13(14)11-15)22(18,19)17-8-10-20-2/h4-7,11-12,17H,3,8-10H2,1-2H3. The van der Waals surface area contributed by atoms with Crippen LogP contribution in [0.5, 0.6) is 5.75 Å². The van der Waals surface area contributed by atoms with Gasteiger partial charge in [0.1, 0.15) is 5.75 Å². The molecule has 6 heteroatoms. The Balaban J connectivity index is 2.23. The van der Waals surface area contributed by atoms with Crippen molar-refractivity contribution in [2.45, 2.75) is 18.2 Å². The summed E-state index contributed by atoms with van der Waals surface area (Å²) in [4.78, 5) is 0.248. The maximum absolute atomic E-state index is 12.2. The van der Waals surface area contributed by atoms with E-state index < -0.39 is 10.0 Å². The van der Waals surface area contributed by atoms with Gasteiger partial charge in [-0.15, -0.1) is 0 Å². The van der Waals surface area contributed by atoms with Gasteiger partial charge in [-0.05, 0) is 41.5 Å². The second-order valence-electron chi connectivity index (χ2n) is 4.91. The molecule has 0 aliphatic carbocycles. The molecular formula is C16H21NO4S. The van der Waals surface area contributed by atoms with Crippen molar-refractivity contribution in [2.24, 2.45) is 0 Å². The van der Waals surface area contributed by atoms with E-state index in [4.69, 9.17) is 9.47 Å². The highest BCUT2D eigenvalue weighted by Gasteiger charge is 2.13. The first-order valence-corrected chi connectivity index (χ1v) is 8.70. The molecule has 2 aromatic rings. The van der Waals surface area contributed by atoms with Gasteiger partial charge in [0.05, 0.1) is 18.1 Å². The smallest absolute Gasteiger partial charge is 0.240 e. The predicted octanol–water partition coefficient (Wildman–Crippen LogP) is 2.55. The van der Waals surface area contributed by atoms with Crippen LogP contribution in [0.4, 0.5) is 0 Å². The lowest BCUT2D eigenvalue weighted by Crippen LogP contribution is -2.27.